The lowest BCUT2D eigenvalue weighted by molar-refractivity contribution is -0.143. The molecule has 1 rings (SSSR count). The number of hydrogen-bond donors (Lipinski definition) is 1. The van der Waals surface area contributed by atoms with Gasteiger partial charge >= 0.3 is 5.97 Å². The molecule has 3 heteroatoms. The number of phenols is 1. The molecule has 0 aliphatic carbocycles. The fourth-order valence-corrected chi connectivity index (χ4v) is 2.11. The first-order valence-corrected chi connectivity index (χ1v) is 6.47. The van der Waals surface area contributed by atoms with Crippen molar-refractivity contribution in [1.82, 2.24) is 0 Å². The van der Waals surface area contributed by atoms with Crippen LogP contribution >= 0.6 is 0 Å². The molecule has 0 heterocycles. The average Bonchev–Trinajstić information content (AvgIpc) is 2.28. The van der Waals surface area contributed by atoms with Crippen LogP contribution in [0, 0.1) is 5.92 Å². The lowest BCUT2D eigenvalue weighted by atomic mass is 9.88. The third-order valence-electron chi connectivity index (χ3n) is 2.82. The third-order valence-corrected chi connectivity index (χ3v) is 2.82. The average molecular weight is 250 g/mol. The van der Waals surface area contributed by atoms with Crippen molar-refractivity contribution in [3.63, 3.8) is 0 Å². The van der Waals surface area contributed by atoms with Crippen LogP contribution in [0.3, 0.4) is 0 Å². The molecule has 1 aromatic carbocycles. The van der Waals surface area contributed by atoms with Crippen molar-refractivity contribution in [2.75, 3.05) is 6.61 Å². The second kappa shape index (κ2) is 7.04. The maximum atomic E-state index is 11.6. The summed E-state index contributed by atoms with van der Waals surface area (Å²) in [5.41, 5.74) is 0.997. The summed E-state index contributed by atoms with van der Waals surface area (Å²) < 4.78 is 5.00. The van der Waals surface area contributed by atoms with Gasteiger partial charge in [0.1, 0.15) is 5.75 Å². The van der Waals surface area contributed by atoms with Crippen LogP contribution in [0.4, 0.5) is 0 Å². The maximum absolute atomic E-state index is 11.6. The van der Waals surface area contributed by atoms with Gasteiger partial charge in [-0.1, -0.05) is 26.0 Å². The van der Waals surface area contributed by atoms with E-state index in [9.17, 15) is 9.90 Å². The molecule has 0 spiro atoms. The van der Waals surface area contributed by atoms with Crippen LogP contribution in [0.1, 0.15) is 45.1 Å². The normalized spacial score (nSPS) is 12.4. The molecule has 100 valence electrons. The third kappa shape index (κ3) is 4.78. The molecular formula is C15H22O3. The Balaban J connectivity index is 2.80. The summed E-state index contributed by atoms with van der Waals surface area (Å²) in [5, 5.41) is 9.52. The van der Waals surface area contributed by atoms with Crippen LogP contribution in [0.15, 0.2) is 24.3 Å². The van der Waals surface area contributed by atoms with E-state index >= 15 is 0 Å². The molecule has 0 aliphatic rings. The Bertz CT molecular complexity index is 385. The molecular weight excluding hydrogens is 228 g/mol. The van der Waals surface area contributed by atoms with E-state index in [1.54, 1.807) is 12.1 Å². The molecule has 1 atom stereocenters. The minimum absolute atomic E-state index is 0.108. The van der Waals surface area contributed by atoms with Crippen molar-refractivity contribution in [3.05, 3.63) is 29.8 Å². The number of phenolic OH excluding ortho intramolecular Hbond substituents is 1. The molecule has 0 amide bonds. The zero-order valence-corrected chi connectivity index (χ0v) is 11.3. The number of ether oxygens (including phenoxy) is 1. The van der Waals surface area contributed by atoms with Crippen LogP contribution in [0.25, 0.3) is 0 Å². The molecule has 0 saturated carbocycles. The van der Waals surface area contributed by atoms with E-state index in [1.165, 1.54) is 0 Å². The number of carbonyl (C=O) groups excluding carboxylic acids is 1. The highest BCUT2D eigenvalue weighted by Gasteiger charge is 2.18. The van der Waals surface area contributed by atoms with Crippen molar-refractivity contribution in [2.24, 2.45) is 5.92 Å². The van der Waals surface area contributed by atoms with Gasteiger partial charge in [-0.3, -0.25) is 4.79 Å². The van der Waals surface area contributed by atoms with Gasteiger partial charge in [-0.15, -0.1) is 0 Å². The van der Waals surface area contributed by atoms with Gasteiger partial charge in [-0.2, -0.15) is 0 Å². The minimum atomic E-state index is -0.175. The second-order valence-electron chi connectivity index (χ2n) is 4.93. The predicted octanol–water partition coefficient (Wildman–Crippen LogP) is 3.48. The fourth-order valence-electron chi connectivity index (χ4n) is 2.11. The molecule has 0 bridgehead atoms. The van der Waals surface area contributed by atoms with Crippen LogP contribution < -0.4 is 0 Å². The Morgan fingerprint density at radius 1 is 1.39 bits per heavy atom. The number of esters is 1. The quantitative estimate of drug-likeness (QED) is 0.786. The van der Waals surface area contributed by atoms with Gasteiger partial charge < -0.3 is 9.84 Å². The minimum Gasteiger partial charge on any atom is -0.508 e. The van der Waals surface area contributed by atoms with Gasteiger partial charge in [0.2, 0.25) is 0 Å². The van der Waals surface area contributed by atoms with Gasteiger partial charge in [0.15, 0.2) is 0 Å². The van der Waals surface area contributed by atoms with Crippen molar-refractivity contribution < 1.29 is 14.6 Å². The van der Waals surface area contributed by atoms with Crippen molar-refractivity contribution in [2.45, 2.75) is 39.5 Å². The molecule has 3 nitrogen and oxygen atoms in total. The number of carbonyl (C=O) groups is 1. The molecule has 1 N–H and O–H groups in total. The van der Waals surface area contributed by atoms with E-state index in [0.717, 1.165) is 12.0 Å². The van der Waals surface area contributed by atoms with E-state index in [2.05, 4.69) is 13.8 Å². The molecule has 0 unspecified atom stereocenters. The second-order valence-corrected chi connectivity index (χ2v) is 4.93. The van der Waals surface area contributed by atoms with E-state index < -0.39 is 0 Å². The van der Waals surface area contributed by atoms with Gasteiger partial charge in [-0.05, 0) is 42.9 Å². The van der Waals surface area contributed by atoms with Crippen LogP contribution in [-0.4, -0.2) is 17.7 Å². The smallest absolute Gasteiger partial charge is 0.306 e. The Morgan fingerprint density at radius 2 is 2.11 bits per heavy atom. The number of benzene rings is 1. The molecule has 0 radical (unpaired) electrons. The Hall–Kier alpha value is -1.51. The molecule has 1 aromatic rings. The summed E-state index contributed by atoms with van der Waals surface area (Å²) >= 11 is 0. The predicted molar refractivity (Wildman–Crippen MR) is 71.6 cm³/mol. The van der Waals surface area contributed by atoms with Crippen molar-refractivity contribution in [1.29, 1.82) is 0 Å². The summed E-state index contributed by atoms with van der Waals surface area (Å²) in [5.74, 6) is 0.666. The number of hydrogen-bond acceptors (Lipinski definition) is 3. The summed E-state index contributed by atoms with van der Waals surface area (Å²) in [4.78, 5) is 11.6. The van der Waals surface area contributed by atoms with Gasteiger partial charge in [0.05, 0.1) is 13.0 Å². The van der Waals surface area contributed by atoms with Gasteiger partial charge in [0, 0.05) is 0 Å². The van der Waals surface area contributed by atoms with E-state index in [0.29, 0.717) is 18.9 Å². The standard InChI is InChI=1S/C15H22O3/c1-4-18-15(17)10-13(8-11(2)3)12-6-5-7-14(16)9-12/h5-7,9,11,13,16H,4,8,10H2,1-3H3/t13-/m0/s1. The largest absolute Gasteiger partial charge is 0.508 e. The monoisotopic (exact) mass is 250 g/mol. The van der Waals surface area contributed by atoms with E-state index in [1.807, 2.05) is 19.1 Å². The SMILES string of the molecule is CCOC(=O)C[C@H](CC(C)C)c1cccc(O)c1. The van der Waals surface area contributed by atoms with Gasteiger partial charge in [-0.25, -0.2) is 0 Å². The van der Waals surface area contributed by atoms with Crippen molar-refractivity contribution in [3.8, 4) is 5.75 Å². The van der Waals surface area contributed by atoms with E-state index in [4.69, 9.17) is 4.74 Å². The first-order valence-electron chi connectivity index (χ1n) is 6.47. The van der Waals surface area contributed by atoms with Crippen LogP contribution in [-0.2, 0) is 9.53 Å². The lowest BCUT2D eigenvalue weighted by Crippen LogP contribution is -2.12. The summed E-state index contributed by atoms with van der Waals surface area (Å²) in [6.45, 7) is 6.47. The Morgan fingerprint density at radius 3 is 2.67 bits per heavy atom. The first kappa shape index (κ1) is 14.6. The summed E-state index contributed by atoms with van der Waals surface area (Å²) in [6.07, 6.45) is 1.28. The molecule has 18 heavy (non-hydrogen) atoms. The Labute approximate surface area is 109 Å². The summed E-state index contributed by atoms with van der Waals surface area (Å²) in [7, 11) is 0. The highest BCUT2D eigenvalue weighted by molar-refractivity contribution is 5.70. The molecule has 0 saturated heterocycles. The number of aromatic hydroxyl groups is 1. The zero-order chi connectivity index (χ0) is 13.5. The molecule has 0 aromatic heterocycles. The zero-order valence-electron chi connectivity index (χ0n) is 11.3. The fraction of sp³-hybridized carbons (Fsp3) is 0.533. The van der Waals surface area contributed by atoms with Crippen LogP contribution in [0.5, 0.6) is 5.75 Å². The highest BCUT2D eigenvalue weighted by atomic mass is 16.5. The highest BCUT2D eigenvalue weighted by Crippen LogP contribution is 2.29. The first-order chi connectivity index (χ1) is 8.52. The Kier molecular flexibility index (Phi) is 5.69. The van der Waals surface area contributed by atoms with Crippen molar-refractivity contribution >= 4 is 5.97 Å². The lowest BCUT2D eigenvalue weighted by Gasteiger charge is -2.18. The van der Waals surface area contributed by atoms with Crippen LogP contribution in [0.2, 0.25) is 0 Å². The topological polar surface area (TPSA) is 46.5 Å². The molecule has 0 aliphatic heterocycles. The maximum Gasteiger partial charge on any atom is 0.306 e. The number of rotatable bonds is 6. The molecule has 0 fully saturated rings. The van der Waals surface area contributed by atoms with Gasteiger partial charge in [0.25, 0.3) is 0 Å². The summed E-state index contributed by atoms with van der Waals surface area (Å²) in [6, 6.07) is 7.13. The van der Waals surface area contributed by atoms with E-state index in [-0.39, 0.29) is 17.6 Å².